The Hall–Kier alpha value is -3.56. The van der Waals surface area contributed by atoms with E-state index < -0.39 is 49.1 Å². The molecular weight excluding hydrogens is 465 g/mol. The molecule has 2 aromatic carbocycles. The lowest BCUT2D eigenvalue weighted by Crippen LogP contribution is -2.49. The van der Waals surface area contributed by atoms with Crippen LogP contribution in [0.3, 0.4) is 0 Å². The predicted molar refractivity (Wildman–Crippen MR) is 120 cm³/mol. The highest BCUT2D eigenvalue weighted by molar-refractivity contribution is 5.82. The smallest absolute Gasteiger partial charge is 0.407 e. The minimum atomic E-state index is -4.91. The maximum atomic E-state index is 13.7. The van der Waals surface area contributed by atoms with E-state index in [2.05, 4.69) is 5.32 Å². The molecular formula is C25H25F3N2O5. The van der Waals surface area contributed by atoms with Gasteiger partial charge in [0.05, 0.1) is 6.42 Å². The van der Waals surface area contributed by atoms with Gasteiger partial charge in [0.25, 0.3) is 0 Å². The van der Waals surface area contributed by atoms with Crippen molar-refractivity contribution in [2.75, 3.05) is 19.7 Å². The number of carboxylic acids is 1. The molecule has 7 nitrogen and oxygen atoms in total. The largest absolute Gasteiger partial charge is 0.481 e. The molecule has 1 aliphatic carbocycles. The summed E-state index contributed by atoms with van der Waals surface area (Å²) in [6.45, 7) is -1.01. The number of carboxylic acid groups (broad SMARTS) is 1. The van der Waals surface area contributed by atoms with Crippen LogP contribution < -0.4 is 5.32 Å². The van der Waals surface area contributed by atoms with E-state index in [0.29, 0.717) is 12.8 Å². The molecule has 1 saturated heterocycles. The number of halogens is 3. The third-order valence-corrected chi connectivity index (χ3v) is 6.56. The van der Waals surface area contributed by atoms with Crippen molar-refractivity contribution < 1.29 is 37.4 Å². The van der Waals surface area contributed by atoms with Gasteiger partial charge in [0, 0.05) is 25.0 Å². The van der Waals surface area contributed by atoms with Crippen LogP contribution in [0.5, 0.6) is 0 Å². The number of benzene rings is 2. The summed E-state index contributed by atoms with van der Waals surface area (Å²) in [4.78, 5) is 36.9. The number of carbonyl (C=O) groups is 3. The van der Waals surface area contributed by atoms with E-state index in [4.69, 9.17) is 9.84 Å². The number of likely N-dealkylation sites (tertiary alicyclic amines) is 1. The highest BCUT2D eigenvalue weighted by Crippen LogP contribution is 2.44. The number of ether oxygens (including phenoxy) is 1. The molecule has 0 spiro atoms. The van der Waals surface area contributed by atoms with Crippen LogP contribution in [-0.4, -0.2) is 59.9 Å². The molecule has 2 N–H and O–H groups in total. The Kier molecular flexibility index (Phi) is 7.00. The number of nitrogens with zero attached hydrogens (tertiary/aromatic N) is 1. The zero-order valence-corrected chi connectivity index (χ0v) is 18.8. The summed E-state index contributed by atoms with van der Waals surface area (Å²) < 4.78 is 46.3. The summed E-state index contributed by atoms with van der Waals surface area (Å²) >= 11 is 0. The van der Waals surface area contributed by atoms with Crippen molar-refractivity contribution in [3.8, 4) is 11.1 Å². The second-order valence-electron chi connectivity index (χ2n) is 8.73. The van der Waals surface area contributed by atoms with Gasteiger partial charge in [0.15, 0.2) is 5.92 Å². The van der Waals surface area contributed by atoms with Crippen molar-refractivity contribution in [3.63, 3.8) is 0 Å². The van der Waals surface area contributed by atoms with Gasteiger partial charge in [-0.1, -0.05) is 48.5 Å². The molecule has 2 aliphatic rings. The number of alkyl halides is 3. The normalized spacial score (nSPS) is 18.0. The minimum Gasteiger partial charge on any atom is -0.481 e. The molecule has 1 aliphatic heterocycles. The fourth-order valence-corrected chi connectivity index (χ4v) is 4.92. The number of alkyl carbamates (subject to hydrolysis) is 1. The fraction of sp³-hybridized carbons (Fsp3) is 0.400. The van der Waals surface area contributed by atoms with E-state index in [1.807, 2.05) is 48.5 Å². The van der Waals surface area contributed by atoms with E-state index in [9.17, 15) is 27.6 Å². The molecule has 4 rings (SSSR count). The standard InChI is InChI=1S/C25H25F3N2O5/c26-25(27,28)21(23(33)30-11-5-6-15(30)12-22(31)32)13-29-24(34)35-14-20-18-9-3-1-7-16(18)17-8-2-4-10-19(17)20/h1-4,7-10,15,20-21H,5-6,11-14H2,(H,29,34)(H,31,32)/t15-,21?/m0/s1. The fourth-order valence-electron chi connectivity index (χ4n) is 4.92. The van der Waals surface area contributed by atoms with Crippen molar-refractivity contribution in [1.29, 1.82) is 0 Å². The lowest BCUT2D eigenvalue weighted by Gasteiger charge is -2.29. The number of hydrogen-bond acceptors (Lipinski definition) is 4. The Labute approximate surface area is 199 Å². The van der Waals surface area contributed by atoms with Gasteiger partial charge < -0.3 is 20.1 Å². The summed E-state index contributed by atoms with van der Waals surface area (Å²) in [6, 6.07) is 14.5. The average molecular weight is 490 g/mol. The van der Waals surface area contributed by atoms with Crippen molar-refractivity contribution in [3.05, 3.63) is 59.7 Å². The van der Waals surface area contributed by atoms with Gasteiger partial charge in [-0.15, -0.1) is 0 Å². The van der Waals surface area contributed by atoms with E-state index in [1.54, 1.807) is 0 Å². The van der Waals surface area contributed by atoms with Crippen molar-refractivity contribution in [2.45, 2.75) is 37.4 Å². The maximum Gasteiger partial charge on any atom is 0.407 e. The molecule has 2 amide bonds. The highest BCUT2D eigenvalue weighted by Gasteiger charge is 2.48. The van der Waals surface area contributed by atoms with Gasteiger partial charge in [-0.2, -0.15) is 13.2 Å². The minimum absolute atomic E-state index is 0.0499. The first-order chi connectivity index (χ1) is 16.7. The summed E-state index contributed by atoms with van der Waals surface area (Å²) in [7, 11) is 0. The number of aliphatic carboxylic acids is 1. The number of fused-ring (bicyclic) bond motifs is 3. The first-order valence-corrected chi connectivity index (χ1v) is 11.3. The van der Waals surface area contributed by atoms with Gasteiger partial charge in [0.1, 0.15) is 6.61 Å². The quantitative estimate of drug-likeness (QED) is 0.608. The Morgan fingerprint density at radius 3 is 2.23 bits per heavy atom. The summed E-state index contributed by atoms with van der Waals surface area (Å²) in [5.74, 6) is -5.16. The molecule has 0 saturated carbocycles. The van der Waals surface area contributed by atoms with Crippen LogP contribution in [-0.2, 0) is 14.3 Å². The molecule has 1 fully saturated rings. The summed E-state index contributed by atoms with van der Waals surface area (Å²) in [5.41, 5.74) is 3.95. The molecule has 1 heterocycles. The van der Waals surface area contributed by atoms with Gasteiger partial charge in [0.2, 0.25) is 5.91 Å². The van der Waals surface area contributed by atoms with E-state index >= 15 is 0 Å². The molecule has 2 atom stereocenters. The van der Waals surface area contributed by atoms with Gasteiger partial charge in [-0.25, -0.2) is 4.79 Å². The summed E-state index contributed by atoms with van der Waals surface area (Å²) in [5, 5.41) is 11.1. The lowest BCUT2D eigenvalue weighted by atomic mass is 9.98. The first kappa shape index (κ1) is 24.6. The zero-order chi connectivity index (χ0) is 25.2. The molecule has 35 heavy (non-hydrogen) atoms. The number of nitrogens with one attached hydrogen (secondary N) is 1. The van der Waals surface area contributed by atoms with Crippen LogP contribution in [0.25, 0.3) is 11.1 Å². The van der Waals surface area contributed by atoms with Crippen LogP contribution in [0.15, 0.2) is 48.5 Å². The topological polar surface area (TPSA) is 95.9 Å². The van der Waals surface area contributed by atoms with E-state index in [0.717, 1.165) is 27.2 Å². The van der Waals surface area contributed by atoms with Crippen LogP contribution in [0, 0.1) is 5.92 Å². The lowest BCUT2D eigenvalue weighted by molar-refractivity contribution is -0.188. The Bertz CT molecular complexity index is 1070. The second-order valence-corrected chi connectivity index (χ2v) is 8.73. The number of hydrogen-bond donors (Lipinski definition) is 2. The van der Waals surface area contributed by atoms with Crippen LogP contribution in [0.1, 0.15) is 36.3 Å². The van der Waals surface area contributed by atoms with Gasteiger partial charge >= 0.3 is 18.2 Å². The van der Waals surface area contributed by atoms with E-state index in [-0.39, 0.29) is 19.1 Å². The monoisotopic (exact) mass is 490 g/mol. The van der Waals surface area contributed by atoms with Crippen molar-refractivity contribution >= 4 is 18.0 Å². The zero-order valence-electron chi connectivity index (χ0n) is 18.8. The first-order valence-electron chi connectivity index (χ1n) is 11.3. The Morgan fingerprint density at radius 2 is 1.66 bits per heavy atom. The molecule has 0 aromatic heterocycles. The highest BCUT2D eigenvalue weighted by atomic mass is 19.4. The SMILES string of the molecule is O=C(O)C[C@@H]1CCCN1C(=O)C(CNC(=O)OCC1c2ccccc2-c2ccccc21)C(F)(F)F. The third kappa shape index (κ3) is 5.26. The molecule has 1 unspecified atom stereocenters. The second kappa shape index (κ2) is 9.97. The molecule has 0 bridgehead atoms. The van der Waals surface area contributed by atoms with Crippen LogP contribution >= 0.6 is 0 Å². The Morgan fingerprint density at radius 1 is 1.06 bits per heavy atom. The maximum absolute atomic E-state index is 13.7. The van der Waals surface area contributed by atoms with Gasteiger partial charge in [-0.3, -0.25) is 9.59 Å². The van der Waals surface area contributed by atoms with Crippen molar-refractivity contribution in [2.24, 2.45) is 5.92 Å². The molecule has 10 heteroatoms. The summed E-state index contributed by atoms with van der Waals surface area (Å²) in [6.07, 6.45) is -5.64. The number of rotatable bonds is 7. The van der Waals surface area contributed by atoms with Crippen LogP contribution in [0.2, 0.25) is 0 Å². The number of amides is 2. The Balaban J connectivity index is 1.39. The molecule has 2 aromatic rings. The predicted octanol–water partition coefficient (Wildman–Crippen LogP) is 4.17. The third-order valence-electron chi connectivity index (χ3n) is 6.56. The molecule has 186 valence electrons. The average Bonchev–Trinajstić information content (AvgIpc) is 3.39. The van der Waals surface area contributed by atoms with Crippen molar-refractivity contribution in [1.82, 2.24) is 10.2 Å². The molecule has 0 radical (unpaired) electrons. The van der Waals surface area contributed by atoms with Gasteiger partial charge in [-0.05, 0) is 35.1 Å². The van der Waals surface area contributed by atoms with Crippen LogP contribution in [0.4, 0.5) is 18.0 Å². The number of carbonyl (C=O) groups excluding carboxylic acids is 2. The van der Waals surface area contributed by atoms with E-state index in [1.165, 1.54) is 0 Å².